The molecule has 2 heterocycles. The summed E-state index contributed by atoms with van der Waals surface area (Å²) in [6.45, 7) is 1.16. The molecule has 2 aromatic carbocycles. The number of piperazine rings is 1. The third kappa shape index (κ3) is 5.51. The second kappa shape index (κ2) is 10.6. The minimum Gasteiger partial charge on any atom is -0.480 e. The normalized spacial score (nSPS) is 15.9. The molecule has 1 aliphatic heterocycles. The minimum atomic E-state index is -1.25. The van der Waals surface area contributed by atoms with E-state index >= 15 is 0 Å². The molecule has 1 atom stereocenters. The molecule has 192 valence electrons. The summed E-state index contributed by atoms with van der Waals surface area (Å²) in [5, 5.41) is 18.6. The standard InChI is InChI=1S/C26H25FN4O6/c27-18-5-3-17(4-6-18)23(33)20-9-10-22(32)31(24(20)28)19-7-1-16(2-8-19)11-12-29-13-14-30(26(36)37)21(15-29)25(34)35/h1-10,21H,11-15,28H2,(H,34,35)(H,36,37). The second-order valence-corrected chi connectivity index (χ2v) is 8.69. The summed E-state index contributed by atoms with van der Waals surface area (Å²) in [5.41, 5.74) is 7.53. The number of carbonyl (C=O) groups is 3. The fraction of sp³-hybridized carbons (Fsp3) is 0.231. The van der Waals surface area contributed by atoms with Gasteiger partial charge in [-0.15, -0.1) is 0 Å². The molecule has 1 amide bonds. The first kappa shape index (κ1) is 25.6. The van der Waals surface area contributed by atoms with Crippen molar-refractivity contribution in [2.75, 3.05) is 31.9 Å². The monoisotopic (exact) mass is 508 g/mol. The van der Waals surface area contributed by atoms with Gasteiger partial charge in [0.1, 0.15) is 17.7 Å². The summed E-state index contributed by atoms with van der Waals surface area (Å²) < 4.78 is 14.5. The summed E-state index contributed by atoms with van der Waals surface area (Å²) in [6.07, 6.45) is -0.673. The Morgan fingerprint density at radius 3 is 2.24 bits per heavy atom. The average Bonchev–Trinajstić information content (AvgIpc) is 2.88. The highest BCUT2D eigenvalue weighted by atomic mass is 19.1. The maximum atomic E-state index is 13.2. The number of hydrogen-bond acceptors (Lipinski definition) is 6. The molecular weight excluding hydrogens is 483 g/mol. The topological polar surface area (TPSA) is 146 Å². The zero-order valence-electron chi connectivity index (χ0n) is 19.7. The van der Waals surface area contributed by atoms with E-state index in [0.29, 0.717) is 25.2 Å². The number of nitrogen functional groups attached to an aromatic ring is 1. The SMILES string of the molecule is Nc1c(C(=O)c2ccc(F)cc2)ccc(=O)n1-c1ccc(CCN2CCN(C(=O)O)C(C(=O)O)C2)cc1. The van der Waals surface area contributed by atoms with Crippen LogP contribution in [0, 0.1) is 5.82 Å². The number of amides is 1. The third-order valence-corrected chi connectivity index (χ3v) is 6.39. The Balaban J connectivity index is 1.48. The molecule has 1 saturated heterocycles. The lowest BCUT2D eigenvalue weighted by molar-refractivity contribution is -0.144. The quantitative estimate of drug-likeness (QED) is 0.411. The van der Waals surface area contributed by atoms with Crippen LogP contribution in [0.4, 0.5) is 15.0 Å². The Morgan fingerprint density at radius 1 is 0.946 bits per heavy atom. The van der Waals surface area contributed by atoms with E-state index in [1.165, 1.54) is 41.0 Å². The Kier molecular flexibility index (Phi) is 7.35. The summed E-state index contributed by atoms with van der Waals surface area (Å²) in [5.74, 6) is -2.13. The highest BCUT2D eigenvalue weighted by Gasteiger charge is 2.35. The summed E-state index contributed by atoms with van der Waals surface area (Å²) >= 11 is 0. The molecule has 10 nitrogen and oxygen atoms in total. The molecule has 0 aliphatic carbocycles. The molecule has 1 aliphatic rings. The van der Waals surface area contributed by atoms with E-state index < -0.39 is 35.3 Å². The molecule has 3 aromatic rings. The third-order valence-electron chi connectivity index (χ3n) is 6.39. The van der Waals surface area contributed by atoms with Crippen molar-refractivity contribution in [1.29, 1.82) is 0 Å². The van der Waals surface area contributed by atoms with Crippen molar-refractivity contribution in [3.05, 3.63) is 93.5 Å². The molecule has 4 N–H and O–H groups in total. The number of nitrogens with zero attached hydrogens (tertiary/aromatic N) is 3. The Morgan fingerprint density at radius 2 is 1.62 bits per heavy atom. The number of halogens is 1. The number of hydrogen-bond donors (Lipinski definition) is 3. The highest BCUT2D eigenvalue weighted by molar-refractivity contribution is 6.11. The molecule has 11 heteroatoms. The van der Waals surface area contributed by atoms with Gasteiger partial charge in [-0.05, 0) is 54.4 Å². The van der Waals surface area contributed by atoms with E-state index in [1.54, 1.807) is 24.3 Å². The Labute approximate surface area is 211 Å². The van der Waals surface area contributed by atoms with Crippen molar-refractivity contribution in [2.24, 2.45) is 0 Å². The number of anilines is 1. The molecular formula is C26H25FN4O6. The van der Waals surface area contributed by atoms with Crippen LogP contribution in [0.15, 0.2) is 65.5 Å². The number of benzene rings is 2. The first-order valence-corrected chi connectivity index (χ1v) is 11.5. The molecule has 1 aromatic heterocycles. The molecule has 0 bridgehead atoms. The van der Waals surface area contributed by atoms with Crippen molar-refractivity contribution in [1.82, 2.24) is 14.4 Å². The number of aliphatic carboxylic acids is 1. The number of ketones is 1. The number of nitrogens with two attached hydrogens (primary N) is 1. The predicted octanol–water partition coefficient (Wildman–Crippen LogP) is 2.08. The lowest BCUT2D eigenvalue weighted by Gasteiger charge is -2.37. The number of pyridine rings is 1. The molecule has 1 fully saturated rings. The molecule has 0 saturated carbocycles. The van der Waals surface area contributed by atoms with Gasteiger partial charge >= 0.3 is 12.1 Å². The van der Waals surface area contributed by atoms with Gasteiger partial charge in [0.05, 0.1) is 11.3 Å². The number of rotatable bonds is 7. The van der Waals surface area contributed by atoms with Crippen LogP contribution in [0.2, 0.25) is 0 Å². The minimum absolute atomic E-state index is 0.0365. The maximum absolute atomic E-state index is 13.2. The van der Waals surface area contributed by atoms with E-state index in [4.69, 9.17) is 5.73 Å². The van der Waals surface area contributed by atoms with E-state index in [2.05, 4.69) is 0 Å². The van der Waals surface area contributed by atoms with E-state index in [9.17, 15) is 33.8 Å². The molecule has 37 heavy (non-hydrogen) atoms. The average molecular weight is 509 g/mol. The predicted molar refractivity (Wildman–Crippen MR) is 133 cm³/mol. The Hall–Kier alpha value is -4.51. The van der Waals surface area contributed by atoms with Crippen molar-refractivity contribution < 1.29 is 29.0 Å². The molecule has 0 spiro atoms. The van der Waals surface area contributed by atoms with Crippen LogP contribution in [0.5, 0.6) is 0 Å². The number of aromatic nitrogens is 1. The fourth-order valence-electron chi connectivity index (χ4n) is 4.35. The fourth-order valence-corrected chi connectivity index (χ4v) is 4.35. The van der Waals surface area contributed by atoms with Gasteiger partial charge in [-0.1, -0.05) is 12.1 Å². The zero-order valence-corrected chi connectivity index (χ0v) is 19.7. The van der Waals surface area contributed by atoms with Gasteiger partial charge in [0.2, 0.25) is 0 Å². The van der Waals surface area contributed by atoms with Gasteiger partial charge in [-0.25, -0.2) is 14.0 Å². The lowest BCUT2D eigenvalue weighted by atomic mass is 10.0. The van der Waals surface area contributed by atoms with Crippen molar-refractivity contribution >= 4 is 23.7 Å². The second-order valence-electron chi connectivity index (χ2n) is 8.69. The molecule has 1 unspecified atom stereocenters. The van der Waals surface area contributed by atoms with Gasteiger partial charge in [0.25, 0.3) is 5.56 Å². The Bertz CT molecular complexity index is 1390. The van der Waals surface area contributed by atoms with Gasteiger partial charge in [0, 0.05) is 37.8 Å². The summed E-state index contributed by atoms with van der Waals surface area (Å²) in [6, 6.07) is 13.5. The summed E-state index contributed by atoms with van der Waals surface area (Å²) in [4.78, 5) is 51.1. The van der Waals surface area contributed by atoms with Crippen molar-refractivity contribution in [3.8, 4) is 5.69 Å². The molecule has 4 rings (SSSR count). The highest BCUT2D eigenvalue weighted by Crippen LogP contribution is 2.20. The van der Waals surface area contributed by atoms with Crippen LogP contribution in [-0.2, 0) is 11.2 Å². The van der Waals surface area contributed by atoms with Gasteiger partial charge < -0.3 is 15.9 Å². The number of carboxylic acids is 1. The van der Waals surface area contributed by atoms with E-state index in [0.717, 1.165) is 10.5 Å². The summed E-state index contributed by atoms with van der Waals surface area (Å²) in [7, 11) is 0. The van der Waals surface area contributed by atoms with Crippen LogP contribution in [0.3, 0.4) is 0 Å². The van der Waals surface area contributed by atoms with Crippen LogP contribution in [0.1, 0.15) is 21.5 Å². The first-order valence-electron chi connectivity index (χ1n) is 11.5. The van der Waals surface area contributed by atoms with E-state index in [-0.39, 0.29) is 30.0 Å². The first-order chi connectivity index (χ1) is 17.7. The van der Waals surface area contributed by atoms with Crippen LogP contribution in [-0.4, -0.2) is 74.6 Å². The van der Waals surface area contributed by atoms with E-state index in [1.807, 2.05) is 4.90 Å². The van der Waals surface area contributed by atoms with Crippen molar-refractivity contribution in [2.45, 2.75) is 12.5 Å². The van der Waals surface area contributed by atoms with Gasteiger partial charge in [0.15, 0.2) is 5.78 Å². The molecule has 0 radical (unpaired) electrons. The van der Waals surface area contributed by atoms with Gasteiger partial charge in [-0.2, -0.15) is 0 Å². The van der Waals surface area contributed by atoms with Crippen LogP contribution < -0.4 is 11.3 Å². The largest absolute Gasteiger partial charge is 0.480 e. The lowest BCUT2D eigenvalue weighted by Crippen LogP contribution is -2.58. The van der Waals surface area contributed by atoms with Crippen LogP contribution >= 0.6 is 0 Å². The van der Waals surface area contributed by atoms with Gasteiger partial charge in [-0.3, -0.25) is 24.0 Å². The number of carbonyl (C=O) groups excluding carboxylic acids is 1. The number of carboxylic acid groups (broad SMARTS) is 2. The smallest absolute Gasteiger partial charge is 0.408 e. The zero-order chi connectivity index (χ0) is 26.7. The van der Waals surface area contributed by atoms with Crippen LogP contribution in [0.25, 0.3) is 5.69 Å². The van der Waals surface area contributed by atoms with Crippen molar-refractivity contribution in [3.63, 3.8) is 0 Å². The maximum Gasteiger partial charge on any atom is 0.408 e.